The number of rotatable bonds is 3. The molecule has 0 spiro atoms. The van der Waals surface area contributed by atoms with Gasteiger partial charge in [0.2, 0.25) is 5.95 Å². The van der Waals surface area contributed by atoms with Gasteiger partial charge in [-0.1, -0.05) is 12.1 Å². The Kier molecular flexibility index (Phi) is 2.95. The van der Waals surface area contributed by atoms with Crippen molar-refractivity contribution in [2.75, 3.05) is 18.5 Å². The highest BCUT2D eigenvalue weighted by molar-refractivity contribution is 5.78. The van der Waals surface area contributed by atoms with Crippen LogP contribution in [0.1, 0.15) is 13.8 Å². The molecule has 1 unspecified atom stereocenters. The fourth-order valence-corrected chi connectivity index (χ4v) is 2.37. The third-order valence-electron chi connectivity index (χ3n) is 3.34. The van der Waals surface area contributed by atoms with E-state index in [2.05, 4.69) is 20.9 Å². The number of hydrogen-bond donors (Lipinski definition) is 1. The molecule has 1 atom stereocenters. The molecule has 1 aromatic carbocycles. The van der Waals surface area contributed by atoms with Crippen LogP contribution < -0.4 is 5.32 Å². The van der Waals surface area contributed by atoms with Gasteiger partial charge in [0.05, 0.1) is 17.6 Å². The van der Waals surface area contributed by atoms with Crippen molar-refractivity contribution in [1.29, 1.82) is 0 Å². The summed E-state index contributed by atoms with van der Waals surface area (Å²) in [5, 5.41) is 3.33. The number of ether oxygens (including phenoxy) is 2. The minimum Gasteiger partial charge on any atom is -0.353 e. The second kappa shape index (κ2) is 4.51. The van der Waals surface area contributed by atoms with Crippen molar-refractivity contribution in [2.45, 2.75) is 25.7 Å². The van der Waals surface area contributed by atoms with E-state index in [1.165, 1.54) is 0 Å². The van der Waals surface area contributed by atoms with Crippen LogP contribution in [0.3, 0.4) is 0 Å². The molecule has 1 aromatic heterocycles. The molecule has 102 valence electrons. The third kappa shape index (κ3) is 2.43. The van der Waals surface area contributed by atoms with Crippen LogP contribution in [0.5, 0.6) is 0 Å². The molecule has 1 saturated heterocycles. The maximum absolute atomic E-state index is 5.76. The number of hydrogen-bond acceptors (Lipinski definition) is 4. The summed E-state index contributed by atoms with van der Waals surface area (Å²) in [7, 11) is 2.01. The SMILES string of the molecule is Cn1c(NCC2COC(C)(C)O2)nc2ccccc21. The molecule has 5 nitrogen and oxygen atoms in total. The molecular formula is C14H19N3O2. The zero-order valence-corrected chi connectivity index (χ0v) is 11.5. The van der Waals surface area contributed by atoms with E-state index in [0.717, 1.165) is 17.0 Å². The Bertz CT molecular complexity index is 591. The van der Waals surface area contributed by atoms with Crippen LogP contribution in [0.15, 0.2) is 24.3 Å². The molecule has 0 amide bonds. The Hall–Kier alpha value is -1.59. The van der Waals surface area contributed by atoms with Crippen molar-refractivity contribution < 1.29 is 9.47 Å². The molecule has 0 aliphatic carbocycles. The first-order valence-electron chi connectivity index (χ1n) is 6.52. The van der Waals surface area contributed by atoms with Crippen LogP contribution in [0.4, 0.5) is 5.95 Å². The Labute approximate surface area is 112 Å². The third-order valence-corrected chi connectivity index (χ3v) is 3.34. The lowest BCUT2D eigenvalue weighted by molar-refractivity contribution is -0.136. The van der Waals surface area contributed by atoms with E-state index in [-0.39, 0.29) is 6.10 Å². The normalized spacial score (nSPS) is 21.9. The van der Waals surface area contributed by atoms with E-state index in [1.807, 2.05) is 39.1 Å². The van der Waals surface area contributed by atoms with Crippen LogP contribution in [-0.4, -0.2) is 34.6 Å². The fraction of sp³-hybridized carbons (Fsp3) is 0.500. The van der Waals surface area contributed by atoms with Crippen molar-refractivity contribution >= 4 is 17.0 Å². The molecule has 3 rings (SSSR count). The van der Waals surface area contributed by atoms with Gasteiger partial charge in [-0.25, -0.2) is 4.98 Å². The molecule has 1 fully saturated rings. The Morgan fingerprint density at radius 3 is 2.89 bits per heavy atom. The van der Waals surface area contributed by atoms with Crippen molar-refractivity contribution in [1.82, 2.24) is 9.55 Å². The second-order valence-corrected chi connectivity index (χ2v) is 5.31. The summed E-state index contributed by atoms with van der Waals surface area (Å²) in [4.78, 5) is 4.57. The molecule has 0 bridgehead atoms. The van der Waals surface area contributed by atoms with E-state index in [0.29, 0.717) is 13.2 Å². The van der Waals surface area contributed by atoms with Crippen molar-refractivity contribution in [2.24, 2.45) is 7.05 Å². The Morgan fingerprint density at radius 1 is 1.42 bits per heavy atom. The molecule has 2 aromatic rings. The monoisotopic (exact) mass is 261 g/mol. The van der Waals surface area contributed by atoms with Crippen LogP contribution in [0.25, 0.3) is 11.0 Å². The van der Waals surface area contributed by atoms with Gasteiger partial charge in [-0.2, -0.15) is 0 Å². The molecule has 0 radical (unpaired) electrons. The predicted molar refractivity (Wildman–Crippen MR) is 74.1 cm³/mol. The Balaban J connectivity index is 1.71. The molecule has 19 heavy (non-hydrogen) atoms. The minimum atomic E-state index is -0.474. The van der Waals surface area contributed by atoms with E-state index < -0.39 is 5.79 Å². The van der Waals surface area contributed by atoms with Gasteiger partial charge >= 0.3 is 0 Å². The van der Waals surface area contributed by atoms with Gasteiger partial charge in [-0.05, 0) is 26.0 Å². The summed E-state index contributed by atoms with van der Waals surface area (Å²) in [5.41, 5.74) is 2.12. The van der Waals surface area contributed by atoms with E-state index in [1.54, 1.807) is 0 Å². The van der Waals surface area contributed by atoms with E-state index in [4.69, 9.17) is 9.47 Å². The summed E-state index contributed by atoms with van der Waals surface area (Å²) >= 11 is 0. The summed E-state index contributed by atoms with van der Waals surface area (Å²) in [6.07, 6.45) is 0.0646. The maximum atomic E-state index is 5.76. The largest absolute Gasteiger partial charge is 0.353 e. The number of imidazole rings is 1. The fourth-order valence-electron chi connectivity index (χ4n) is 2.37. The molecule has 0 saturated carbocycles. The molecule has 1 aliphatic heterocycles. The van der Waals surface area contributed by atoms with Gasteiger partial charge in [0, 0.05) is 13.6 Å². The van der Waals surface area contributed by atoms with Gasteiger partial charge in [0.1, 0.15) is 6.10 Å². The van der Waals surface area contributed by atoms with Crippen molar-refractivity contribution in [3.8, 4) is 0 Å². The minimum absolute atomic E-state index is 0.0646. The number of nitrogens with one attached hydrogen (secondary N) is 1. The van der Waals surface area contributed by atoms with Gasteiger partial charge in [0.25, 0.3) is 0 Å². The quantitative estimate of drug-likeness (QED) is 0.919. The Morgan fingerprint density at radius 2 is 2.21 bits per heavy atom. The smallest absolute Gasteiger partial charge is 0.203 e. The predicted octanol–water partition coefficient (Wildman–Crippen LogP) is 2.14. The number of benzene rings is 1. The summed E-state index contributed by atoms with van der Waals surface area (Å²) in [6, 6.07) is 8.09. The van der Waals surface area contributed by atoms with Gasteiger partial charge in [-0.3, -0.25) is 0 Å². The van der Waals surface area contributed by atoms with Crippen LogP contribution in [-0.2, 0) is 16.5 Å². The molecule has 1 aliphatic rings. The number of aromatic nitrogens is 2. The molecule has 5 heteroatoms. The second-order valence-electron chi connectivity index (χ2n) is 5.31. The van der Waals surface area contributed by atoms with Crippen LogP contribution in [0, 0.1) is 0 Å². The zero-order chi connectivity index (χ0) is 13.5. The molecule has 2 heterocycles. The van der Waals surface area contributed by atoms with Gasteiger partial charge < -0.3 is 19.4 Å². The van der Waals surface area contributed by atoms with Crippen LogP contribution >= 0.6 is 0 Å². The highest BCUT2D eigenvalue weighted by Gasteiger charge is 2.32. The number of nitrogens with zero attached hydrogens (tertiary/aromatic N) is 2. The summed E-state index contributed by atoms with van der Waals surface area (Å²) in [5.74, 6) is 0.383. The lowest BCUT2D eigenvalue weighted by Crippen LogP contribution is -2.26. The first-order valence-corrected chi connectivity index (χ1v) is 6.52. The average Bonchev–Trinajstić information content (AvgIpc) is 2.88. The first kappa shape index (κ1) is 12.4. The van der Waals surface area contributed by atoms with E-state index >= 15 is 0 Å². The summed E-state index contributed by atoms with van der Waals surface area (Å²) in [6.45, 7) is 5.18. The van der Waals surface area contributed by atoms with Crippen molar-refractivity contribution in [3.05, 3.63) is 24.3 Å². The van der Waals surface area contributed by atoms with Gasteiger partial charge in [0.15, 0.2) is 5.79 Å². The summed E-state index contributed by atoms with van der Waals surface area (Å²) < 4.78 is 13.4. The van der Waals surface area contributed by atoms with Crippen molar-refractivity contribution in [3.63, 3.8) is 0 Å². The number of fused-ring (bicyclic) bond motifs is 1. The first-order chi connectivity index (χ1) is 9.05. The highest BCUT2D eigenvalue weighted by atomic mass is 16.7. The van der Waals surface area contributed by atoms with Gasteiger partial charge in [-0.15, -0.1) is 0 Å². The van der Waals surface area contributed by atoms with Crippen LogP contribution in [0.2, 0.25) is 0 Å². The average molecular weight is 261 g/mol. The lowest BCUT2D eigenvalue weighted by Gasteiger charge is -2.17. The molecule has 1 N–H and O–H groups in total. The lowest BCUT2D eigenvalue weighted by atomic mass is 10.3. The standard InChI is InChI=1S/C14H19N3O2/c1-14(2)18-9-10(19-14)8-15-13-16-11-6-4-5-7-12(11)17(13)3/h4-7,10H,8-9H2,1-3H3,(H,15,16). The van der Waals surface area contributed by atoms with E-state index in [9.17, 15) is 0 Å². The number of anilines is 1. The highest BCUT2D eigenvalue weighted by Crippen LogP contribution is 2.23. The molecular weight excluding hydrogens is 242 g/mol. The topological polar surface area (TPSA) is 48.3 Å². The maximum Gasteiger partial charge on any atom is 0.203 e. The number of para-hydroxylation sites is 2. The zero-order valence-electron chi connectivity index (χ0n) is 11.5. The number of aryl methyl sites for hydroxylation is 1.